The molecule has 0 aliphatic heterocycles. The lowest BCUT2D eigenvalue weighted by Gasteiger charge is -2.12. The third-order valence-electron chi connectivity index (χ3n) is 2.41. The first-order valence-corrected chi connectivity index (χ1v) is 6.28. The lowest BCUT2D eigenvalue weighted by Crippen LogP contribution is -2.39. The highest BCUT2D eigenvalue weighted by Crippen LogP contribution is 1.86. The van der Waals surface area contributed by atoms with Gasteiger partial charge < -0.3 is 20.3 Å². The third-order valence-corrected chi connectivity index (χ3v) is 2.41. The Morgan fingerprint density at radius 3 is 2.65 bits per heavy atom. The molecule has 0 bridgehead atoms. The second kappa shape index (κ2) is 10.5. The summed E-state index contributed by atoms with van der Waals surface area (Å²) in [6, 6.07) is 0.251. The summed E-state index contributed by atoms with van der Waals surface area (Å²) in [6.45, 7) is 7.43. The van der Waals surface area contributed by atoms with Crippen molar-refractivity contribution in [1.82, 2.24) is 15.5 Å². The highest BCUT2D eigenvalue weighted by molar-refractivity contribution is 5.78. The van der Waals surface area contributed by atoms with Crippen LogP contribution in [0.15, 0.2) is 0 Å². The molecule has 0 rings (SSSR count). The number of carbonyl (C=O) groups is 1. The van der Waals surface area contributed by atoms with Gasteiger partial charge in [0.05, 0.1) is 19.8 Å². The second-order valence-corrected chi connectivity index (χ2v) is 4.47. The van der Waals surface area contributed by atoms with Crippen LogP contribution in [0.3, 0.4) is 0 Å². The minimum Gasteiger partial charge on any atom is -0.379 e. The summed E-state index contributed by atoms with van der Waals surface area (Å²) in [5.41, 5.74) is 0. The number of hydrogen-bond acceptors (Lipinski definition) is 4. The van der Waals surface area contributed by atoms with Crippen molar-refractivity contribution in [2.24, 2.45) is 0 Å². The molecule has 1 unspecified atom stereocenters. The third kappa shape index (κ3) is 11.6. The Labute approximate surface area is 105 Å². The first-order valence-electron chi connectivity index (χ1n) is 6.28. The highest BCUT2D eigenvalue weighted by atomic mass is 16.5. The number of hydrogen-bond donors (Lipinski definition) is 2. The van der Waals surface area contributed by atoms with Crippen LogP contribution in [0.2, 0.25) is 0 Å². The molecule has 1 atom stereocenters. The molecule has 0 heterocycles. The van der Waals surface area contributed by atoms with Crippen LogP contribution in [-0.4, -0.2) is 63.8 Å². The van der Waals surface area contributed by atoms with Gasteiger partial charge in [0, 0.05) is 19.1 Å². The Hall–Kier alpha value is -0.650. The van der Waals surface area contributed by atoms with Gasteiger partial charge in [-0.05, 0) is 27.4 Å². The van der Waals surface area contributed by atoms with Crippen LogP contribution in [0.4, 0.5) is 0 Å². The zero-order valence-corrected chi connectivity index (χ0v) is 11.6. The summed E-state index contributed by atoms with van der Waals surface area (Å²) in [4.78, 5) is 13.4. The summed E-state index contributed by atoms with van der Waals surface area (Å²) >= 11 is 0. The van der Waals surface area contributed by atoms with E-state index in [0.717, 1.165) is 19.6 Å². The molecule has 5 heteroatoms. The molecule has 0 aromatic heterocycles. The Kier molecular flexibility index (Phi) is 10.1. The maximum Gasteiger partial charge on any atom is 0.234 e. The van der Waals surface area contributed by atoms with E-state index in [4.69, 9.17) is 4.74 Å². The van der Waals surface area contributed by atoms with Crippen molar-refractivity contribution in [2.45, 2.75) is 26.3 Å². The highest BCUT2D eigenvalue weighted by Gasteiger charge is 2.03. The van der Waals surface area contributed by atoms with Gasteiger partial charge in [0.25, 0.3) is 0 Å². The smallest absolute Gasteiger partial charge is 0.234 e. The van der Waals surface area contributed by atoms with Crippen molar-refractivity contribution < 1.29 is 9.53 Å². The second-order valence-electron chi connectivity index (χ2n) is 4.47. The first kappa shape index (κ1) is 16.4. The zero-order chi connectivity index (χ0) is 13.1. The maximum atomic E-state index is 11.4. The number of nitrogens with zero attached hydrogens (tertiary/aromatic N) is 1. The molecule has 1 amide bonds. The van der Waals surface area contributed by atoms with Gasteiger partial charge in [0.15, 0.2) is 0 Å². The van der Waals surface area contributed by atoms with E-state index >= 15 is 0 Å². The summed E-state index contributed by atoms with van der Waals surface area (Å²) in [5, 5.41) is 5.95. The predicted octanol–water partition coefficient (Wildman–Crippen LogP) is 0.0689. The van der Waals surface area contributed by atoms with Gasteiger partial charge in [-0.3, -0.25) is 4.79 Å². The molecular formula is C12H27N3O2. The predicted molar refractivity (Wildman–Crippen MR) is 70.1 cm³/mol. The van der Waals surface area contributed by atoms with Crippen molar-refractivity contribution in [3.8, 4) is 0 Å². The van der Waals surface area contributed by atoms with Crippen molar-refractivity contribution in [3.05, 3.63) is 0 Å². The minimum absolute atomic E-state index is 0.0487. The van der Waals surface area contributed by atoms with Crippen molar-refractivity contribution >= 4 is 5.91 Å². The number of rotatable bonds is 10. The van der Waals surface area contributed by atoms with Crippen molar-refractivity contribution in [3.63, 3.8) is 0 Å². The van der Waals surface area contributed by atoms with E-state index in [1.54, 1.807) is 0 Å². The quantitative estimate of drug-likeness (QED) is 0.535. The molecule has 0 aliphatic rings. The van der Waals surface area contributed by atoms with Gasteiger partial charge in [-0.15, -0.1) is 0 Å². The van der Waals surface area contributed by atoms with E-state index in [2.05, 4.69) is 22.5 Å². The lowest BCUT2D eigenvalue weighted by atomic mass is 10.2. The van der Waals surface area contributed by atoms with E-state index in [9.17, 15) is 4.79 Å². The van der Waals surface area contributed by atoms with Crippen LogP contribution >= 0.6 is 0 Å². The van der Waals surface area contributed by atoms with Crippen molar-refractivity contribution in [2.75, 3.05) is 46.9 Å². The molecular weight excluding hydrogens is 218 g/mol. The summed E-state index contributed by atoms with van der Waals surface area (Å²) < 4.78 is 5.39. The van der Waals surface area contributed by atoms with Gasteiger partial charge in [0.2, 0.25) is 5.91 Å². The standard InChI is InChI=1S/C12H27N3O2/c1-5-11(2)14-12(16)10-13-6-8-17-9-7-15(3)4/h11,13H,5-10H2,1-4H3,(H,14,16). The molecule has 102 valence electrons. The van der Waals surface area contributed by atoms with Crippen LogP contribution in [0.25, 0.3) is 0 Å². The summed E-state index contributed by atoms with van der Waals surface area (Å²) in [7, 11) is 4.03. The summed E-state index contributed by atoms with van der Waals surface area (Å²) in [6.07, 6.45) is 0.958. The normalized spacial score (nSPS) is 12.8. The fourth-order valence-electron chi connectivity index (χ4n) is 1.12. The van der Waals surface area contributed by atoms with E-state index in [0.29, 0.717) is 19.7 Å². The Balaban J connectivity index is 3.25. The molecule has 5 nitrogen and oxygen atoms in total. The van der Waals surface area contributed by atoms with Gasteiger partial charge >= 0.3 is 0 Å². The van der Waals surface area contributed by atoms with Gasteiger partial charge in [-0.25, -0.2) is 0 Å². The Bertz CT molecular complexity index is 198. The number of carbonyl (C=O) groups excluding carboxylic acids is 1. The number of ether oxygens (including phenoxy) is 1. The van der Waals surface area contributed by atoms with Crippen LogP contribution in [-0.2, 0) is 9.53 Å². The molecule has 0 saturated carbocycles. The van der Waals surface area contributed by atoms with Crippen LogP contribution < -0.4 is 10.6 Å². The number of nitrogens with one attached hydrogen (secondary N) is 2. The Morgan fingerprint density at radius 2 is 2.06 bits per heavy atom. The van der Waals surface area contributed by atoms with Crippen molar-refractivity contribution in [1.29, 1.82) is 0 Å². The molecule has 0 fully saturated rings. The van der Waals surface area contributed by atoms with Gasteiger partial charge in [-0.1, -0.05) is 6.92 Å². The average Bonchev–Trinajstić information content (AvgIpc) is 2.27. The molecule has 0 aromatic carbocycles. The molecule has 0 radical (unpaired) electrons. The topological polar surface area (TPSA) is 53.6 Å². The van der Waals surface area contributed by atoms with E-state index in [-0.39, 0.29) is 11.9 Å². The SMILES string of the molecule is CCC(C)NC(=O)CNCCOCCN(C)C. The molecule has 0 saturated heterocycles. The van der Waals surface area contributed by atoms with Crippen LogP contribution in [0.1, 0.15) is 20.3 Å². The lowest BCUT2D eigenvalue weighted by molar-refractivity contribution is -0.120. The Morgan fingerprint density at radius 1 is 1.35 bits per heavy atom. The first-order chi connectivity index (χ1) is 8.06. The van der Waals surface area contributed by atoms with E-state index in [1.807, 2.05) is 21.0 Å². The van der Waals surface area contributed by atoms with E-state index in [1.165, 1.54) is 0 Å². The average molecular weight is 245 g/mol. The summed E-state index contributed by atoms with van der Waals surface area (Å²) in [5.74, 6) is 0.0487. The molecule has 0 aliphatic carbocycles. The largest absolute Gasteiger partial charge is 0.379 e. The van der Waals surface area contributed by atoms with Gasteiger partial charge in [0.1, 0.15) is 0 Å². The fraction of sp³-hybridized carbons (Fsp3) is 0.917. The number of amides is 1. The van der Waals surface area contributed by atoms with Crippen LogP contribution in [0, 0.1) is 0 Å². The van der Waals surface area contributed by atoms with E-state index < -0.39 is 0 Å². The minimum atomic E-state index is 0.0487. The monoisotopic (exact) mass is 245 g/mol. The van der Waals surface area contributed by atoms with Crippen LogP contribution in [0.5, 0.6) is 0 Å². The van der Waals surface area contributed by atoms with Gasteiger partial charge in [-0.2, -0.15) is 0 Å². The maximum absolute atomic E-state index is 11.4. The fourth-order valence-corrected chi connectivity index (χ4v) is 1.12. The molecule has 0 spiro atoms. The molecule has 0 aromatic rings. The molecule has 2 N–H and O–H groups in total. The molecule has 17 heavy (non-hydrogen) atoms. The zero-order valence-electron chi connectivity index (χ0n) is 11.6. The number of likely N-dealkylation sites (N-methyl/N-ethyl adjacent to an activating group) is 1.